The fourth-order valence-electron chi connectivity index (χ4n) is 2.56. The first-order chi connectivity index (χ1) is 12.7. The Bertz CT molecular complexity index is 802. The highest BCUT2D eigenvalue weighted by molar-refractivity contribution is 14.0. The van der Waals surface area contributed by atoms with Crippen molar-refractivity contribution in [3.63, 3.8) is 0 Å². The Hall–Kier alpha value is -2.23. The maximum Gasteiger partial charge on any atom is 0.231 e. The van der Waals surface area contributed by atoms with Crippen LogP contribution in [0.3, 0.4) is 0 Å². The number of guanidine groups is 1. The van der Waals surface area contributed by atoms with E-state index in [2.05, 4.69) is 15.6 Å². The fraction of sp³-hybridized carbons (Fsp3) is 0.316. The molecule has 0 aromatic heterocycles. The van der Waals surface area contributed by atoms with Crippen molar-refractivity contribution >= 4 is 29.9 Å². The lowest BCUT2D eigenvalue weighted by Gasteiger charge is -2.12. The second-order valence-electron chi connectivity index (χ2n) is 5.71. The summed E-state index contributed by atoms with van der Waals surface area (Å²) in [5, 5.41) is 6.44. The number of rotatable bonds is 6. The zero-order valence-electron chi connectivity index (χ0n) is 15.3. The van der Waals surface area contributed by atoms with Crippen LogP contribution in [0, 0.1) is 5.82 Å². The number of hydrogen-bond donors (Lipinski definition) is 2. The zero-order valence-corrected chi connectivity index (χ0v) is 17.6. The van der Waals surface area contributed by atoms with Crippen LogP contribution in [-0.4, -0.2) is 26.4 Å². The normalized spacial score (nSPS) is 12.3. The van der Waals surface area contributed by atoms with E-state index >= 15 is 0 Å². The molecule has 8 heteroatoms. The number of ether oxygens (including phenoxy) is 3. The van der Waals surface area contributed by atoms with Crippen LogP contribution >= 0.6 is 24.0 Å². The number of benzene rings is 2. The molecular formula is C19H23FIN3O3. The molecule has 2 N–H and O–H groups in total. The highest BCUT2D eigenvalue weighted by atomic mass is 127. The zero-order chi connectivity index (χ0) is 18.4. The van der Waals surface area contributed by atoms with E-state index in [0.29, 0.717) is 19.0 Å². The van der Waals surface area contributed by atoms with Gasteiger partial charge in [0, 0.05) is 13.1 Å². The highest BCUT2D eigenvalue weighted by Gasteiger charge is 2.13. The second kappa shape index (κ2) is 10.2. The third-order valence-electron chi connectivity index (χ3n) is 3.88. The van der Waals surface area contributed by atoms with Gasteiger partial charge < -0.3 is 24.8 Å². The number of fused-ring (bicyclic) bond motifs is 1. The summed E-state index contributed by atoms with van der Waals surface area (Å²) in [5.74, 6) is 2.00. The number of nitrogens with one attached hydrogen (secondary N) is 2. The van der Waals surface area contributed by atoms with E-state index in [4.69, 9.17) is 14.2 Å². The standard InChI is InChI=1S/C19H22FN3O3.HI/c1-3-21-19(22-10-13-4-6-16(24-2)15(20)8-13)23-11-14-5-7-17-18(9-14)26-12-25-17;/h4-9H,3,10-12H2,1-2H3,(H2,21,22,23);1H. The first-order valence-electron chi connectivity index (χ1n) is 8.42. The van der Waals surface area contributed by atoms with Crippen molar-refractivity contribution in [2.45, 2.75) is 20.0 Å². The van der Waals surface area contributed by atoms with Gasteiger partial charge in [0.15, 0.2) is 29.0 Å². The third-order valence-corrected chi connectivity index (χ3v) is 3.88. The Balaban J connectivity index is 0.00000261. The summed E-state index contributed by atoms with van der Waals surface area (Å²) < 4.78 is 29.4. The van der Waals surface area contributed by atoms with Crippen LogP contribution in [0.15, 0.2) is 41.4 Å². The van der Waals surface area contributed by atoms with Gasteiger partial charge in [0.1, 0.15) is 0 Å². The first-order valence-corrected chi connectivity index (χ1v) is 8.42. The number of halogens is 2. The number of nitrogens with zero attached hydrogens (tertiary/aromatic N) is 1. The fourth-order valence-corrected chi connectivity index (χ4v) is 2.56. The molecule has 27 heavy (non-hydrogen) atoms. The van der Waals surface area contributed by atoms with E-state index in [-0.39, 0.29) is 36.5 Å². The molecule has 0 radical (unpaired) electrons. The second-order valence-corrected chi connectivity index (χ2v) is 5.71. The lowest BCUT2D eigenvalue weighted by molar-refractivity contribution is 0.174. The van der Waals surface area contributed by atoms with Crippen molar-refractivity contribution in [1.82, 2.24) is 10.6 Å². The summed E-state index contributed by atoms with van der Waals surface area (Å²) in [6.07, 6.45) is 0. The van der Waals surface area contributed by atoms with Gasteiger partial charge in [-0.15, -0.1) is 24.0 Å². The van der Waals surface area contributed by atoms with E-state index in [9.17, 15) is 4.39 Å². The maximum absolute atomic E-state index is 13.8. The lowest BCUT2D eigenvalue weighted by atomic mass is 10.2. The Morgan fingerprint density at radius 3 is 2.63 bits per heavy atom. The molecule has 0 fully saturated rings. The van der Waals surface area contributed by atoms with Crippen molar-refractivity contribution in [2.24, 2.45) is 4.99 Å². The summed E-state index contributed by atoms with van der Waals surface area (Å²) in [5.41, 5.74) is 1.82. The molecule has 0 aliphatic carbocycles. The van der Waals surface area contributed by atoms with Crippen molar-refractivity contribution in [1.29, 1.82) is 0 Å². The van der Waals surface area contributed by atoms with E-state index in [1.54, 1.807) is 12.1 Å². The van der Waals surface area contributed by atoms with Crippen molar-refractivity contribution in [2.75, 3.05) is 20.4 Å². The van der Waals surface area contributed by atoms with Gasteiger partial charge in [-0.3, -0.25) is 0 Å². The highest BCUT2D eigenvalue weighted by Crippen LogP contribution is 2.32. The van der Waals surface area contributed by atoms with Crippen LogP contribution in [0.5, 0.6) is 17.2 Å². The molecule has 0 saturated carbocycles. The molecule has 2 aromatic rings. The molecule has 146 valence electrons. The molecule has 1 heterocycles. The Morgan fingerprint density at radius 2 is 1.89 bits per heavy atom. The van der Waals surface area contributed by atoms with E-state index in [0.717, 1.165) is 29.2 Å². The van der Waals surface area contributed by atoms with Gasteiger partial charge in [-0.05, 0) is 42.3 Å². The quantitative estimate of drug-likeness (QED) is 0.372. The van der Waals surface area contributed by atoms with Crippen LogP contribution in [0.4, 0.5) is 4.39 Å². The third kappa shape index (κ3) is 5.62. The SMILES string of the molecule is CCNC(=NCc1ccc(OC)c(F)c1)NCc1ccc2c(c1)OCO2.I. The summed E-state index contributed by atoms with van der Waals surface area (Å²) >= 11 is 0. The summed E-state index contributed by atoms with van der Waals surface area (Å²) in [6.45, 7) is 3.92. The van der Waals surface area contributed by atoms with Gasteiger partial charge in [-0.2, -0.15) is 0 Å². The van der Waals surface area contributed by atoms with E-state index in [1.807, 2.05) is 25.1 Å². The largest absolute Gasteiger partial charge is 0.494 e. The maximum atomic E-state index is 13.8. The molecule has 2 aromatic carbocycles. The summed E-state index contributed by atoms with van der Waals surface area (Å²) in [6, 6.07) is 10.6. The minimum atomic E-state index is -0.390. The van der Waals surface area contributed by atoms with Crippen LogP contribution in [0.1, 0.15) is 18.1 Å². The molecule has 0 amide bonds. The lowest BCUT2D eigenvalue weighted by Crippen LogP contribution is -2.36. The van der Waals surface area contributed by atoms with Crippen LogP contribution in [0.25, 0.3) is 0 Å². The Kier molecular flexibility index (Phi) is 7.96. The molecular weight excluding hydrogens is 464 g/mol. The molecule has 1 aliphatic heterocycles. The van der Waals surface area contributed by atoms with E-state index < -0.39 is 5.82 Å². The Morgan fingerprint density at radius 1 is 1.11 bits per heavy atom. The smallest absolute Gasteiger partial charge is 0.231 e. The van der Waals surface area contributed by atoms with Crippen molar-refractivity contribution in [3.05, 3.63) is 53.3 Å². The average Bonchev–Trinajstić information content (AvgIpc) is 3.12. The van der Waals surface area contributed by atoms with Gasteiger partial charge in [-0.25, -0.2) is 9.38 Å². The van der Waals surface area contributed by atoms with Crippen molar-refractivity contribution < 1.29 is 18.6 Å². The van der Waals surface area contributed by atoms with Gasteiger partial charge in [0.05, 0.1) is 13.7 Å². The van der Waals surface area contributed by atoms with Gasteiger partial charge >= 0.3 is 0 Å². The molecule has 0 atom stereocenters. The van der Waals surface area contributed by atoms with Gasteiger partial charge in [0.2, 0.25) is 6.79 Å². The summed E-state index contributed by atoms with van der Waals surface area (Å²) in [4.78, 5) is 4.50. The van der Waals surface area contributed by atoms with Crippen LogP contribution in [0.2, 0.25) is 0 Å². The minimum absolute atomic E-state index is 0. The number of methoxy groups -OCH3 is 1. The molecule has 0 bridgehead atoms. The Labute approximate surface area is 175 Å². The topological polar surface area (TPSA) is 64.1 Å². The number of hydrogen-bond acceptors (Lipinski definition) is 4. The van der Waals surface area contributed by atoms with Gasteiger partial charge in [-0.1, -0.05) is 12.1 Å². The molecule has 6 nitrogen and oxygen atoms in total. The van der Waals surface area contributed by atoms with Crippen LogP contribution in [-0.2, 0) is 13.1 Å². The predicted octanol–water partition coefficient (Wildman–Crippen LogP) is 3.44. The first kappa shape index (κ1) is 21.1. The number of aliphatic imine (C=N–C) groups is 1. The molecule has 0 unspecified atom stereocenters. The predicted molar refractivity (Wildman–Crippen MR) is 113 cm³/mol. The van der Waals surface area contributed by atoms with Crippen molar-refractivity contribution in [3.8, 4) is 17.2 Å². The molecule has 1 aliphatic rings. The molecule has 3 rings (SSSR count). The molecule has 0 saturated heterocycles. The summed E-state index contributed by atoms with van der Waals surface area (Å²) in [7, 11) is 1.44. The van der Waals surface area contributed by atoms with Gasteiger partial charge in [0.25, 0.3) is 0 Å². The monoisotopic (exact) mass is 487 g/mol. The minimum Gasteiger partial charge on any atom is -0.494 e. The van der Waals surface area contributed by atoms with Crippen LogP contribution < -0.4 is 24.8 Å². The average molecular weight is 487 g/mol. The van der Waals surface area contributed by atoms with E-state index in [1.165, 1.54) is 13.2 Å². The molecule has 0 spiro atoms.